The minimum Gasteiger partial charge on any atom is -0.326 e. The van der Waals surface area contributed by atoms with Crippen molar-refractivity contribution < 1.29 is 4.39 Å². The molecule has 1 aromatic rings. The molecule has 0 unspecified atom stereocenters. The molecule has 0 radical (unpaired) electrons. The van der Waals surface area contributed by atoms with Crippen LogP contribution in [0.4, 0.5) is 4.39 Å². The minimum absolute atomic E-state index is 0.151. The minimum atomic E-state index is -0.151. The first-order valence-corrected chi connectivity index (χ1v) is 5.79. The molecule has 0 amide bonds. The second-order valence-corrected chi connectivity index (χ2v) is 4.29. The Labute approximate surface area is 97.3 Å². The summed E-state index contributed by atoms with van der Waals surface area (Å²) in [4.78, 5) is 2.22. The van der Waals surface area contributed by atoms with Crippen LogP contribution in [-0.2, 0) is 13.1 Å². The molecule has 0 aromatic heterocycles. The van der Waals surface area contributed by atoms with Crippen molar-refractivity contribution in [2.24, 2.45) is 5.73 Å². The van der Waals surface area contributed by atoms with E-state index in [0.717, 1.165) is 17.7 Å². The second kappa shape index (κ2) is 5.97. The Morgan fingerprint density at radius 3 is 2.50 bits per heavy atom. The number of halogens is 1. The van der Waals surface area contributed by atoms with Gasteiger partial charge in [-0.25, -0.2) is 4.39 Å². The zero-order valence-electron chi connectivity index (χ0n) is 10.3. The summed E-state index contributed by atoms with van der Waals surface area (Å²) in [6, 6.07) is 5.69. The summed E-state index contributed by atoms with van der Waals surface area (Å²) in [5.74, 6) is -0.151. The molecule has 0 aliphatic heterocycles. The standard InChI is InChI=1S/C13H21FN2/c1-4-16(10(2)3)9-12-6-5-11(8-15)7-13(12)14/h5-7,10H,4,8-9,15H2,1-3H3. The summed E-state index contributed by atoms with van der Waals surface area (Å²) in [6.45, 7) is 8.30. The first kappa shape index (κ1) is 13.1. The van der Waals surface area contributed by atoms with Crippen molar-refractivity contribution in [1.29, 1.82) is 0 Å². The van der Waals surface area contributed by atoms with Crippen molar-refractivity contribution in [1.82, 2.24) is 4.90 Å². The molecule has 0 bridgehead atoms. The number of rotatable bonds is 5. The van der Waals surface area contributed by atoms with Crippen LogP contribution in [0, 0.1) is 5.82 Å². The van der Waals surface area contributed by atoms with Crippen LogP contribution in [0.3, 0.4) is 0 Å². The van der Waals surface area contributed by atoms with Crippen LogP contribution >= 0.6 is 0 Å². The van der Waals surface area contributed by atoms with Gasteiger partial charge in [0.15, 0.2) is 0 Å². The lowest BCUT2D eigenvalue weighted by Crippen LogP contribution is -2.30. The van der Waals surface area contributed by atoms with Crippen LogP contribution in [0.15, 0.2) is 18.2 Å². The summed E-state index contributed by atoms with van der Waals surface area (Å²) in [7, 11) is 0. The van der Waals surface area contributed by atoms with Gasteiger partial charge in [-0.05, 0) is 32.0 Å². The molecule has 3 heteroatoms. The van der Waals surface area contributed by atoms with Crippen LogP contribution in [0.5, 0.6) is 0 Å². The molecule has 1 rings (SSSR count). The molecule has 0 saturated carbocycles. The van der Waals surface area contributed by atoms with E-state index in [1.54, 1.807) is 0 Å². The van der Waals surface area contributed by atoms with Crippen LogP contribution in [0.25, 0.3) is 0 Å². The van der Waals surface area contributed by atoms with E-state index in [2.05, 4.69) is 25.7 Å². The van der Waals surface area contributed by atoms with Gasteiger partial charge in [0.05, 0.1) is 0 Å². The summed E-state index contributed by atoms with van der Waals surface area (Å²) >= 11 is 0. The zero-order chi connectivity index (χ0) is 12.1. The third kappa shape index (κ3) is 3.29. The monoisotopic (exact) mass is 224 g/mol. The molecule has 1 aromatic carbocycles. The van der Waals surface area contributed by atoms with Gasteiger partial charge in [-0.2, -0.15) is 0 Å². The van der Waals surface area contributed by atoms with E-state index in [4.69, 9.17) is 5.73 Å². The van der Waals surface area contributed by atoms with Gasteiger partial charge in [0.2, 0.25) is 0 Å². The third-order valence-corrected chi connectivity index (χ3v) is 2.86. The van der Waals surface area contributed by atoms with Crippen molar-refractivity contribution in [2.75, 3.05) is 6.54 Å². The van der Waals surface area contributed by atoms with Gasteiger partial charge in [-0.3, -0.25) is 4.90 Å². The Balaban J connectivity index is 2.80. The molecule has 0 atom stereocenters. The van der Waals surface area contributed by atoms with E-state index in [9.17, 15) is 4.39 Å². The predicted octanol–water partition coefficient (Wildman–Crippen LogP) is 2.51. The number of hydrogen-bond acceptors (Lipinski definition) is 2. The van der Waals surface area contributed by atoms with Gasteiger partial charge in [0.1, 0.15) is 5.82 Å². The zero-order valence-corrected chi connectivity index (χ0v) is 10.3. The van der Waals surface area contributed by atoms with Gasteiger partial charge in [-0.1, -0.05) is 19.1 Å². The van der Waals surface area contributed by atoms with Gasteiger partial charge in [-0.15, -0.1) is 0 Å². The van der Waals surface area contributed by atoms with Crippen LogP contribution in [0.2, 0.25) is 0 Å². The lowest BCUT2D eigenvalue weighted by Gasteiger charge is -2.25. The molecule has 0 aliphatic carbocycles. The molecule has 0 aliphatic rings. The number of benzene rings is 1. The van der Waals surface area contributed by atoms with E-state index in [1.165, 1.54) is 6.07 Å². The molecule has 0 spiro atoms. The SMILES string of the molecule is CCN(Cc1ccc(CN)cc1F)C(C)C. The smallest absolute Gasteiger partial charge is 0.128 e. The summed E-state index contributed by atoms with van der Waals surface area (Å²) in [5.41, 5.74) is 7.05. The van der Waals surface area contributed by atoms with E-state index in [1.807, 2.05) is 12.1 Å². The lowest BCUT2D eigenvalue weighted by atomic mass is 10.1. The molecule has 0 fully saturated rings. The molecule has 16 heavy (non-hydrogen) atoms. The van der Waals surface area contributed by atoms with E-state index in [-0.39, 0.29) is 5.82 Å². The number of nitrogens with two attached hydrogens (primary N) is 1. The number of hydrogen-bond donors (Lipinski definition) is 1. The average Bonchev–Trinajstić information content (AvgIpc) is 2.26. The van der Waals surface area contributed by atoms with Gasteiger partial charge < -0.3 is 5.73 Å². The Kier molecular flexibility index (Phi) is 4.90. The topological polar surface area (TPSA) is 29.3 Å². The Morgan fingerprint density at radius 2 is 2.06 bits per heavy atom. The van der Waals surface area contributed by atoms with Crippen molar-refractivity contribution in [3.8, 4) is 0 Å². The molecule has 2 nitrogen and oxygen atoms in total. The second-order valence-electron chi connectivity index (χ2n) is 4.29. The summed E-state index contributed by atoms with van der Waals surface area (Å²) < 4.78 is 13.7. The first-order chi connectivity index (χ1) is 7.58. The Morgan fingerprint density at radius 1 is 1.38 bits per heavy atom. The highest BCUT2D eigenvalue weighted by atomic mass is 19.1. The summed E-state index contributed by atoms with van der Waals surface area (Å²) in [5, 5.41) is 0. The highest BCUT2D eigenvalue weighted by molar-refractivity contribution is 5.24. The highest BCUT2D eigenvalue weighted by Gasteiger charge is 2.10. The van der Waals surface area contributed by atoms with Crippen molar-refractivity contribution >= 4 is 0 Å². The summed E-state index contributed by atoms with van der Waals surface area (Å²) in [6.07, 6.45) is 0. The lowest BCUT2D eigenvalue weighted by molar-refractivity contribution is 0.222. The van der Waals surface area contributed by atoms with Gasteiger partial charge in [0.25, 0.3) is 0 Å². The normalized spacial score (nSPS) is 11.4. The third-order valence-electron chi connectivity index (χ3n) is 2.86. The number of nitrogens with zero attached hydrogens (tertiary/aromatic N) is 1. The van der Waals surface area contributed by atoms with Crippen LogP contribution < -0.4 is 5.73 Å². The van der Waals surface area contributed by atoms with Crippen molar-refractivity contribution in [2.45, 2.75) is 39.9 Å². The molecular weight excluding hydrogens is 203 g/mol. The maximum absolute atomic E-state index is 13.7. The molecule has 90 valence electrons. The maximum Gasteiger partial charge on any atom is 0.128 e. The van der Waals surface area contributed by atoms with E-state index in [0.29, 0.717) is 19.1 Å². The van der Waals surface area contributed by atoms with Crippen molar-refractivity contribution in [3.63, 3.8) is 0 Å². The maximum atomic E-state index is 13.7. The fraction of sp³-hybridized carbons (Fsp3) is 0.538. The predicted molar refractivity (Wildman–Crippen MR) is 65.5 cm³/mol. The van der Waals surface area contributed by atoms with Gasteiger partial charge >= 0.3 is 0 Å². The molecule has 2 N–H and O–H groups in total. The molecular formula is C13H21FN2. The van der Waals surface area contributed by atoms with Crippen LogP contribution in [-0.4, -0.2) is 17.5 Å². The highest BCUT2D eigenvalue weighted by Crippen LogP contribution is 2.14. The first-order valence-electron chi connectivity index (χ1n) is 5.79. The van der Waals surface area contributed by atoms with E-state index < -0.39 is 0 Å². The Bertz CT molecular complexity index is 337. The Hall–Kier alpha value is -0.930. The van der Waals surface area contributed by atoms with Crippen LogP contribution in [0.1, 0.15) is 31.9 Å². The van der Waals surface area contributed by atoms with E-state index >= 15 is 0 Å². The molecule has 0 heterocycles. The fourth-order valence-electron chi connectivity index (χ4n) is 1.72. The molecule has 0 saturated heterocycles. The fourth-order valence-corrected chi connectivity index (χ4v) is 1.72. The largest absolute Gasteiger partial charge is 0.326 e. The quantitative estimate of drug-likeness (QED) is 0.832. The van der Waals surface area contributed by atoms with Gasteiger partial charge in [0, 0.05) is 24.7 Å². The van der Waals surface area contributed by atoms with Crippen molar-refractivity contribution in [3.05, 3.63) is 35.1 Å². The average molecular weight is 224 g/mol.